The summed E-state index contributed by atoms with van der Waals surface area (Å²) < 4.78 is 0.905. The zero-order chi connectivity index (χ0) is 13.7. The average Bonchev–Trinajstić information content (AvgIpc) is 2.41. The Labute approximate surface area is 121 Å². The molecule has 0 radical (unpaired) electrons. The Morgan fingerprint density at radius 3 is 2.84 bits per heavy atom. The molecule has 1 heterocycles. The van der Waals surface area contributed by atoms with Crippen LogP contribution in [0.15, 0.2) is 47.1 Å². The molecule has 2 aromatic rings. The first kappa shape index (κ1) is 13.7. The highest BCUT2D eigenvalue weighted by molar-refractivity contribution is 9.10. The molecule has 19 heavy (non-hydrogen) atoms. The normalized spacial score (nSPS) is 10.2. The van der Waals surface area contributed by atoms with Gasteiger partial charge >= 0.3 is 0 Å². The van der Waals surface area contributed by atoms with Crippen LogP contribution in [0, 0.1) is 6.92 Å². The highest BCUT2D eigenvalue weighted by Gasteiger charge is 2.04. The van der Waals surface area contributed by atoms with Crippen LogP contribution in [0.3, 0.4) is 0 Å². The summed E-state index contributed by atoms with van der Waals surface area (Å²) in [4.78, 5) is 16.1. The smallest absolute Gasteiger partial charge is 0.251 e. The Kier molecular flexibility index (Phi) is 4.68. The highest BCUT2D eigenvalue weighted by Crippen LogP contribution is 2.11. The number of amides is 1. The molecule has 0 unspecified atom stereocenters. The summed E-state index contributed by atoms with van der Waals surface area (Å²) in [5.74, 6) is -0.0543. The number of hydrogen-bond acceptors (Lipinski definition) is 2. The van der Waals surface area contributed by atoms with Gasteiger partial charge in [0.2, 0.25) is 0 Å². The fourth-order valence-corrected chi connectivity index (χ4v) is 2.10. The minimum absolute atomic E-state index is 0.0543. The summed E-state index contributed by atoms with van der Waals surface area (Å²) in [6.07, 6.45) is 2.63. The van der Waals surface area contributed by atoms with Gasteiger partial charge in [0.15, 0.2) is 0 Å². The van der Waals surface area contributed by atoms with E-state index in [1.54, 1.807) is 6.07 Å². The summed E-state index contributed by atoms with van der Waals surface area (Å²) >= 11 is 3.35. The molecule has 1 N–H and O–H groups in total. The van der Waals surface area contributed by atoms with E-state index in [0.717, 1.165) is 22.2 Å². The molecule has 0 spiro atoms. The van der Waals surface area contributed by atoms with Crippen LogP contribution in [-0.4, -0.2) is 17.4 Å². The molecule has 1 amide bonds. The molecule has 1 aromatic carbocycles. The summed E-state index contributed by atoms with van der Waals surface area (Å²) in [5, 5.41) is 2.90. The van der Waals surface area contributed by atoms with E-state index in [2.05, 4.69) is 26.2 Å². The Morgan fingerprint density at radius 1 is 1.32 bits per heavy atom. The number of benzene rings is 1. The number of aryl methyl sites for hydroxylation is 1. The van der Waals surface area contributed by atoms with Crippen LogP contribution >= 0.6 is 15.9 Å². The van der Waals surface area contributed by atoms with Gasteiger partial charge in [-0.1, -0.05) is 28.1 Å². The van der Waals surface area contributed by atoms with E-state index < -0.39 is 0 Å². The largest absolute Gasteiger partial charge is 0.352 e. The molecule has 1 aromatic heterocycles. The molecule has 0 aliphatic rings. The van der Waals surface area contributed by atoms with Crippen molar-refractivity contribution >= 4 is 21.8 Å². The summed E-state index contributed by atoms with van der Waals surface area (Å²) in [7, 11) is 0. The molecule has 0 bridgehead atoms. The quantitative estimate of drug-likeness (QED) is 0.941. The van der Waals surface area contributed by atoms with Gasteiger partial charge in [0.05, 0.1) is 0 Å². The van der Waals surface area contributed by atoms with Crippen LogP contribution in [0.4, 0.5) is 0 Å². The summed E-state index contributed by atoms with van der Waals surface area (Å²) in [5.41, 5.74) is 2.79. The lowest BCUT2D eigenvalue weighted by atomic mass is 10.2. The first-order valence-corrected chi connectivity index (χ1v) is 6.90. The number of aromatic nitrogens is 1. The van der Waals surface area contributed by atoms with Gasteiger partial charge in [-0.15, -0.1) is 0 Å². The number of pyridine rings is 1. The lowest BCUT2D eigenvalue weighted by Gasteiger charge is -2.06. The molecule has 4 heteroatoms. The maximum absolute atomic E-state index is 11.9. The SMILES string of the molecule is Cc1ccc(CCNC(=O)c2cccc(Br)c2)cn1. The van der Waals surface area contributed by atoms with Crippen LogP contribution in [0.25, 0.3) is 0 Å². The van der Waals surface area contributed by atoms with Gasteiger partial charge in [-0.25, -0.2) is 0 Å². The average molecular weight is 319 g/mol. The molecule has 0 saturated carbocycles. The van der Waals surface area contributed by atoms with Crippen molar-refractivity contribution in [3.05, 3.63) is 63.9 Å². The molecule has 0 saturated heterocycles. The van der Waals surface area contributed by atoms with Gasteiger partial charge in [0, 0.05) is 28.5 Å². The maximum Gasteiger partial charge on any atom is 0.251 e. The van der Waals surface area contributed by atoms with Crippen molar-refractivity contribution in [2.45, 2.75) is 13.3 Å². The molecule has 0 fully saturated rings. The number of carbonyl (C=O) groups excluding carboxylic acids is 1. The van der Waals surface area contributed by atoms with Crippen molar-refractivity contribution in [1.29, 1.82) is 0 Å². The van der Waals surface area contributed by atoms with Gasteiger partial charge < -0.3 is 5.32 Å². The Bertz CT molecular complexity index is 567. The Balaban J connectivity index is 1.86. The maximum atomic E-state index is 11.9. The fraction of sp³-hybridized carbons (Fsp3) is 0.200. The number of hydrogen-bond donors (Lipinski definition) is 1. The lowest BCUT2D eigenvalue weighted by Crippen LogP contribution is -2.25. The van der Waals surface area contributed by atoms with Crippen LogP contribution in [0.1, 0.15) is 21.6 Å². The minimum Gasteiger partial charge on any atom is -0.352 e. The molecule has 3 nitrogen and oxygen atoms in total. The second-order valence-electron chi connectivity index (χ2n) is 4.32. The van der Waals surface area contributed by atoms with Crippen LogP contribution in [0.5, 0.6) is 0 Å². The minimum atomic E-state index is -0.0543. The molecule has 0 aliphatic heterocycles. The zero-order valence-electron chi connectivity index (χ0n) is 10.7. The van der Waals surface area contributed by atoms with Crippen molar-refractivity contribution in [1.82, 2.24) is 10.3 Å². The second-order valence-corrected chi connectivity index (χ2v) is 5.24. The third-order valence-electron chi connectivity index (χ3n) is 2.76. The molecular weight excluding hydrogens is 304 g/mol. The van der Waals surface area contributed by atoms with E-state index in [1.807, 2.05) is 43.5 Å². The number of carbonyl (C=O) groups is 1. The molecular formula is C15H15BrN2O. The van der Waals surface area contributed by atoms with Gasteiger partial charge in [0.25, 0.3) is 5.91 Å². The summed E-state index contributed by atoms with van der Waals surface area (Å²) in [6, 6.07) is 11.4. The zero-order valence-corrected chi connectivity index (χ0v) is 12.3. The first-order valence-electron chi connectivity index (χ1n) is 6.10. The lowest BCUT2D eigenvalue weighted by molar-refractivity contribution is 0.0954. The van der Waals surface area contributed by atoms with Crippen LogP contribution in [-0.2, 0) is 6.42 Å². The monoisotopic (exact) mass is 318 g/mol. The predicted octanol–water partition coefficient (Wildman–Crippen LogP) is 3.13. The van der Waals surface area contributed by atoms with E-state index in [-0.39, 0.29) is 5.91 Å². The van der Waals surface area contributed by atoms with Crippen LogP contribution < -0.4 is 5.32 Å². The van der Waals surface area contributed by atoms with E-state index in [0.29, 0.717) is 12.1 Å². The third-order valence-corrected chi connectivity index (χ3v) is 3.25. The third kappa shape index (κ3) is 4.17. The second kappa shape index (κ2) is 6.48. The van der Waals surface area contributed by atoms with E-state index in [4.69, 9.17) is 0 Å². The van der Waals surface area contributed by atoms with E-state index in [9.17, 15) is 4.79 Å². The summed E-state index contributed by atoms with van der Waals surface area (Å²) in [6.45, 7) is 2.56. The van der Waals surface area contributed by atoms with Crippen molar-refractivity contribution in [3.8, 4) is 0 Å². The topological polar surface area (TPSA) is 42.0 Å². The van der Waals surface area contributed by atoms with Gasteiger partial charge in [-0.2, -0.15) is 0 Å². The predicted molar refractivity (Wildman–Crippen MR) is 79.2 cm³/mol. The van der Waals surface area contributed by atoms with E-state index >= 15 is 0 Å². The Morgan fingerprint density at radius 2 is 2.16 bits per heavy atom. The van der Waals surface area contributed by atoms with Crippen LogP contribution in [0.2, 0.25) is 0 Å². The van der Waals surface area contributed by atoms with E-state index in [1.165, 1.54) is 0 Å². The number of nitrogens with one attached hydrogen (secondary N) is 1. The van der Waals surface area contributed by atoms with Crippen molar-refractivity contribution in [2.24, 2.45) is 0 Å². The highest BCUT2D eigenvalue weighted by atomic mass is 79.9. The fourth-order valence-electron chi connectivity index (χ4n) is 1.70. The van der Waals surface area contributed by atoms with Crippen molar-refractivity contribution in [3.63, 3.8) is 0 Å². The van der Waals surface area contributed by atoms with Crippen molar-refractivity contribution in [2.75, 3.05) is 6.54 Å². The number of halogens is 1. The molecule has 0 atom stereocenters. The molecule has 0 aliphatic carbocycles. The first-order chi connectivity index (χ1) is 9.15. The molecule has 98 valence electrons. The standard InChI is InChI=1S/C15H15BrN2O/c1-11-5-6-12(10-18-11)7-8-17-15(19)13-3-2-4-14(16)9-13/h2-6,9-10H,7-8H2,1H3,(H,17,19). The van der Waals surface area contributed by atoms with Gasteiger partial charge in [-0.3, -0.25) is 9.78 Å². The van der Waals surface area contributed by atoms with Gasteiger partial charge in [-0.05, 0) is 43.2 Å². The van der Waals surface area contributed by atoms with Crippen molar-refractivity contribution < 1.29 is 4.79 Å². The number of nitrogens with zero attached hydrogens (tertiary/aromatic N) is 1. The molecule has 2 rings (SSSR count). The number of rotatable bonds is 4. The Hall–Kier alpha value is -1.68. The van der Waals surface area contributed by atoms with Gasteiger partial charge in [0.1, 0.15) is 0 Å².